The molecular weight excluding hydrogens is 260 g/mol. The molecule has 1 heterocycles. The molecule has 3 rings (SSSR count). The highest BCUT2D eigenvalue weighted by atomic mass is 16.6. The topological polar surface area (TPSA) is 83.7 Å². The van der Waals surface area contributed by atoms with Gasteiger partial charge in [0.1, 0.15) is 11.3 Å². The number of carbonyl (C=O) groups excluding carboxylic acids is 1. The van der Waals surface area contributed by atoms with Crippen LogP contribution in [0.3, 0.4) is 0 Å². The standard InChI is InChI=1S/C14H16N2O4/c17-11-4-5-13(16(19)20)12(6-11)14(18)15-7-9-2-1-3-10(9)8-15/h4-6,9-10,17H,1-3,7-8H2. The van der Waals surface area contributed by atoms with E-state index in [2.05, 4.69) is 0 Å². The number of rotatable bonds is 2. The van der Waals surface area contributed by atoms with E-state index >= 15 is 0 Å². The summed E-state index contributed by atoms with van der Waals surface area (Å²) in [4.78, 5) is 24.6. The minimum absolute atomic E-state index is 0.0185. The van der Waals surface area contributed by atoms with Crippen LogP contribution in [0.15, 0.2) is 18.2 Å². The summed E-state index contributed by atoms with van der Waals surface area (Å²) in [5.74, 6) is 0.603. The zero-order chi connectivity index (χ0) is 14.3. The Morgan fingerprint density at radius 1 is 1.30 bits per heavy atom. The van der Waals surface area contributed by atoms with Crippen molar-refractivity contribution in [3.8, 4) is 5.75 Å². The second kappa shape index (κ2) is 4.77. The predicted molar refractivity (Wildman–Crippen MR) is 71.5 cm³/mol. The van der Waals surface area contributed by atoms with Gasteiger partial charge in [0.05, 0.1) is 4.92 Å². The molecule has 0 bridgehead atoms. The Kier molecular flexibility index (Phi) is 3.08. The molecule has 1 amide bonds. The van der Waals surface area contributed by atoms with Crippen LogP contribution in [-0.2, 0) is 0 Å². The Hall–Kier alpha value is -2.11. The van der Waals surface area contributed by atoms with Gasteiger partial charge in [-0.15, -0.1) is 0 Å². The van der Waals surface area contributed by atoms with Gasteiger partial charge >= 0.3 is 0 Å². The van der Waals surface area contributed by atoms with Crippen LogP contribution < -0.4 is 0 Å². The van der Waals surface area contributed by atoms with Crippen LogP contribution in [-0.4, -0.2) is 33.9 Å². The number of phenolic OH excluding ortho intramolecular Hbond substituents is 1. The average molecular weight is 276 g/mol. The number of hydrogen-bond donors (Lipinski definition) is 1. The number of nitro benzene ring substituents is 1. The van der Waals surface area contributed by atoms with E-state index in [1.807, 2.05) is 0 Å². The summed E-state index contributed by atoms with van der Waals surface area (Å²) in [5, 5.41) is 20.5. The van der Waals surface area contributed by atoms with Gasteiger partial charge < -0.3 is 10.0 Å². The zero-order valence-corrected chi connectivity index (χ0v) is 11.0. The molecule has 20 heavy (non-hydrogen) atoms. The van der Waals surface area contributed by atoms with E-state index in [0.717, 1.165) is 12.8 Å². The Bertz CT molecular complexity index is 560. The van der Waals surface area contributed by atoms with Crippen molar-refractivity contribution in [2.75, 3.05) is 13.1 Å². The van der Waals surface area contributed by atoms with Gasteiger partial charge in [-0.3, -0.25) is 14.9 Å². The van der Waals surface area contributed by atoms with E-state index in [1.54, 1.807) is 4.90 Å². The third kappa shape index (κ3) is 2.11. The maximum Gasteiger partial charge on any atom is 0.282 e. The fourth-order valence-electron chi connectivity index (χ4n) is 3.43. The number of benzene rings is 1. The van der Waals surface area contributed by atoms with Gasteiger partial charge in [0.15, 0.2) is 0 Å². The summed E-state index contributed by atoms with van der Waals surface area (Å²) in [7, 11) is 0. The number of fused-ring (bicyclic) bond motifs is 1. The Morgan fingerprint density at radius 3 is 2.55 bits per heavy atom. The van der Waals surface area contributed by atoms with E-state index in [4.69, 9.17) is 0 Å². The van der Waals surface area contributed by atoms with Crippen molar-refractivity contribution in [2.24, 2.45) is 11.8 Å². The number of carbonyl (C=O) groups is 1. The number of nitrogens with zero attached hydrogens (tertiary/aromatic N) is 2. The Labute approximate surface area is 116 Å². The van der Waals surface area contributed by atoms with Gasteiger partial charge in [0.25, 0.3) is 11.6 Å². The first-order valence-corrected chi connectivity index (χ1v) is 6.83. The van der Waals surface area contributed by atoms with Gasteiger partial charge in [-0.2, -0.15) is 0 Å². The van der Waals surface area contributed by atoms with Crippen LogP contribution in [0.25, 0.3) is 0 Å². The number of nitro groups is 1. The lowest BCUT2D eigenvalue weighted by molar-refractivity contribution is -0.385. The number of amides is 1. The molecule has 1 saturated carbocycles. The molecule has 1 aliphatic heterocycles. The average Bonchev–Trinajstić information content (AvgIpc) is 2.97. The van der Waals surface area contributed by atoms with Crippen LogP contribution in [0.5, 0.6) is 5.75 Å². The van der Waals surface area contributed by atoms with E-state index in [-0.39, 0.29) is 22.9 Å². The first-order chi connectivity index (χ1) is 9.56. The summed E-state index contributed by atoms with van der Waals surface area (Å²) in [6, 6.07) is 3.60. The first-order valence-electron chi connectivity index (χ1n) is 6.83. The SMILES string of the molecule is O=C(c1cc(O)ccc1[N+](=O)[O-])N1CC2CCCC2C1. The van der Waals surface area contributed by atoms with Crippen molar-refractivity contribution >= 4 is 11.6 Å². The smallest absolute Gasteiger partial charge is 0.282 e. The lowest BCUT2D eigenvalue weighted by atomic mass is 10.0. The van der Waals surface area contributed by atoms with E-state index in [0.29, 0.717) is 24.9 Å². The second-order valence-electron chi connectivity index (χ2n) is 5.62. The molecule has 6 heteroatoms. The molecule has 0 aromatic heterocycles. The van der Waals surface area contributed by atoms with Gasteiger partial charge in [-0.25, -0.2) is 0 Å². The maximum absolute atomic E-state index is 12.5. The van der Waals surface area contributed by atoms with Crippen LogP contribution in [0.2, 0.25) is 0 Å². The summed E-state index contributed by atoms with van der Waals surface area (Å²) < 4.78 is 0. The van der Waals surface area contributed by atoms with Crippen molar-refractivity contribution in [1.82, 2.24) is 4.90 Å². The zero-order valence-electron chi connectivity index (χ0n) is 11.0. The molecular formula is C14H16N2O4. The molecule has 6 nitrogen and oxygen atoms in total. The van der Waals surface area contributed by atoms with E-state index in [9.17, 15) is 20.0 Å². The molecule has 0 radical (unpaired) electrons. The largest absolute Gasteiger partial charge is 0.508 e. The highest BCUT2D eigenvalue weighted by molar-refractivity contribution is 5.98. The van der Waals surface area contributed by atoms with Gasteiger partial charge in [-0.05, 0) is 36.8 Å². The molecule has 2 aliphatic rings. The fourth-order valence-corrected chi connectivity index (χ4v) is 3.43. The normalized spacial score (nSPS) is 24.7. The predicted octanol–water partition coefficient (Wildman–Crippen LogP) is 2.17. The Balaban J connectivity index is 1.87. The molecule has 1 aliphatic carbocycles. The molecule has 1 aromatic carbocycles. The third-order valence-corrected chi connectivity index (χ3v) is 4.42. The molecule has 2 atom stereocenters. The number of hydrogen-bond acceptors (Lipinski definition) is 4. The van der Waals surface area contributed by atoms with Crippen LogP contribution >= 0.6 is 0 Å². The van der Waals surface area contributed by atoms with E-state index in [1.165, 1.54) is 24.6 Å². The van der Waals surface area contributed by atoms with Crippen molar-refractivity contribution < 1.29 is 14.8 Å². The number of aromatic hydroxyl groups is 1. The number of likely N-dealkylation sites (tertiary alicyclic amines) is 1. The highest BCUT2D eigenvalue weighted by Crippen LogP contribution is 2.38. The third-order valence-electron chi connectivity index (χ3n) is 4.42. The van der Waals surface area contributed by atoms with E-state index < -0.39 is 4.92 Å². The monoisotopic (exact) mass is 276 g/mol. The van der Waals surface area contributed by atoms with Crippen LogP contribution in [0.1, 0.15) is 29.6 Å². The second-order valence-corrected chi connectivity index (χ2v) is 5.62. The fraction of sp³-hybridized carbons (Fsp3) is 0.500. The summed E-state index contributed by atoms with van der Waals surface area (Å²) >= 11 is 0. The quantitative estimate of drug-likeness (QED) is 0.662. The summed E-state index contributed by atoms with van der Waals surface area (Å²) in [6.07, 6.45) is 3.48. The van der Waals surface area contributed by atoms with Crippen LogP contribution in [0, 0.1) is 22.0 Å². The van der Waals surface area contributed by atoms with Gasteiger partial charge in [-0.1, -0.05) is 6.42 Å². The van der Waals surface area contributed by atoms with Crippen molar-refractivity contribution in [3.63, 3.8) is 0 Å². The Morgan fingerprint density at radius 2 is 1.95 bits per heavy atom. The highest BCUT2D eigenvalue weighted by Gasteiger charge is 2.39. The molecule has 1 N–H and O–H groups in total. The summed E-state index contributed by atoms with van der Waals surface area (Å²) in [6.45, 7) is 1.35. The molecule has 1 saturated heterocycles. The molecule has 2 fully saturated rings. The van der Waals surface area contributed by atoms with Gasteiger partial charge in [0, 0.05) is 19.2 Å². The minimum Gasteiger partial charge on any atom is -0.508 e. The van der Waals surface area contributed by atoms with Crippen LogP contribution in [0.4, 0.5) is 5.69 Å². The molecule has 106 valence electrons. The van der Waals surface area contributed by atoms with Gasteiger partial charge in [0.2, 0.25) is 0 Å². The molecule has 0 spiro atoms. The number of phenols is 1. The maximum atomic E-state index is 12.5. The van der Waals surface area contributed by atoms with Crippen molar-refractivity contribution in [2.45, 2.75) is 19.3 Å². The first kappa shape index (κ1) is 12.9. The molecule has 2 unspecified atom stereocenters. The summed E-state index contributed by atoms with van der Waals surface area (Å²) in [5.41, 5.74) is -0.264. The lowest BCUT2D eigenvalue weighted by Crippen LogP contribution is -2.30. The van der Waals surface area contributed by atoms with Crippen molar-refractivity contribution in [1.29, 1.82) is 0 Å². The van der Waals surface area contributed by atoms with Crippen molar-refractivity contribution in [3.05, 3.63) is 33.9 Å². The lowest BCUT2D eigenvalue weighted by Gasteiger charge is -2.17. The molecule has 1 aromatic rings. The minimum atomic E-state index is -0.580.